The van der Waals surface area contributed by atoms with Crippen molar-refractivity contribution in [2.75, 3.05) is 11.9 Å². The number of hydrogen-bond donors (Lipinski definition) is 2. The van der Waals surface area contributed by atoms with Gasteiger partial charge in [0, 0.05) is 24.1 Å². The van der Waals surface area contributed by atoms with E-state index in [4.69, 9.17) is 4.74 Å². The second-order valence-corrected chi connectivity index (χ2v) is 6.52. The van der Waals surface area contributed by atoms with Gasteiger partial charge in [0.2, 0.25) is 0 Å². The Morgan fingerprint density at radius 3 is 2.38 bits per heavy atom. The number of aryl methyl sites for hydroxylation is 1. The SMILES string of the molecule is CCOC(=O)c1ccc(Nc2ccnc(C(=O)NCc3ccc(C)cc3)c2)cc1. The molecule has 2 aromatic carbocycles. The van der Waals surface area contributed by atoms with Crippen molar-refractivity contribution in [3.05, 3.63) is 89.2 Å². The number of ether oxygens (including phenoxy) is 1. The highest BCUT2D eigenvalue weighted by molar-refractivity contribution is 5.93. The zero-order valence-electron chi connectivity index (χ0n) is 16.4. The van der Waals surface area contributed by atoms with Gasteiger partial charge in [-0.3, -0.25) is 9.78 Å². The third kappa shape index (κ3) is 5.65. The molecule has 3 aromatic rings. The van der Waals surface area contributed by atoms with Crippen molar-refractivity contribution < 1.29 is 14.3 Å². The molecule has 6 heteroatoms. The van der Waals surface area contributed by atoms with Gasteiger partial charge in [0.1, 0.15) is 5.69 Å². The van der Waals surface area contributed by atoms with E-state index < -0.39 is 0 Å². The molecule has 0 radical (unpaired) electrons. The second kappa shape index (κ2) is 9.50. The molecule has 0 atom stereocenters. The lowest BCUT2D eigenvalue weighted by molar-refractivity contribution is 0.0526. The van der Waals surface area contributed by atoms with E-state index in [0.717, 1.165) is 16.9 Å². The molecule has 0 saturated heterocycles. The normalized spacial score (nSPS) is 10.3. The van der Waals surface area contributed by atoms with E-state index in [1.807, 2.05) is 31.2 Å². The van der Waals surface area contributed by atoms with Crippen LogP contribution in [-0.2, 0) is 11.3 Å². The van der Waals surface area contributed by atoms with Crippen molar-refractivity contribution in [3.8, 4) is 0 Å². The second-order valence-electron chi connectivity index (χ2n) is 6.52. The predicted molar refractivity (Wildman–Crippen MR) is 112 cm³/mol. The highest BCUT2D eigenvalue weighted by atomic mass is 16.5. The Morgan fingerprint density at radius 1 is 0.966 bits per heavy atom. The smallest absolute Gasteiger partial charge is 0.338 e. The van der Waals surface area contributed by atoms with Gasteiger partial charge in [-0.1, -0.05) is 29.8 Å². The lowest BCUT2D eigenvalue weighted by atomic mass is 10.1. The minimum atomic E-state index is -0.351. The molecule has 2 N–H and O–H groups in total. The van der Waals surface area contributed by atoms with Crippen molar-refractivity contribution in [1.82, 2.24) is 10.3 Å². The largest absolute Gasteiger partial charge is 0.462 e. The molecule has 0 aliphatic rings. The lowest BCUT2D eigenvalue weighted by Crippen LogP contribution is -2.23. The van der Waals surface area contributed by atoms with Crippen LogP contribution in [0.3, 0.4) is 0 Å². The van der Waals surface area contributed by atoms with Crippen molar-refractivity contribution in [2.45, 2.75) is 20.4 Å². The van der Waals surface area contributed by atoms with Gasteiger partial charge in [-0.25, -0.2) is 4.79 Å². The van der Waals surface area contributed by atoms with E-state index in [1.54, 1.807) is 49.5 Å². The summed E-state index contributed by atoms with van der Waals surface area (Å²) in [4.78, 5) is 28.3. The molecule has 1 heterocycles. The Bertz CT molecular complexity index is 983. The highest BCUT2D eigenvalue weighted by Crippen LogP contribution is 2.18. The first-order valence-electron chi connectivity index (χ1n) is 9.39. The minimum Gasteiger partial charge on any atom is -0.462 e. The van der Waals surface area contributed by atoms with E-state index in [2.05, 4.69) is 15.6 Å². The number of esters is 1. The minimum absolute atomic E-state index is 0.244. The lowest BCUT2D eigenvalue weighted by Gasteiger charge is -2.09. The zero-order valence-corrected chi connectivity index (χ0v) is 16.4. The van der Waals surface area contributed by atoms with Gasteiger partial charge in [-0.15, -0.1) is 0 Å². The number of amides is 1. The Kier molecular flexibility index (Phi) is 6.58. The quantitative estimate of drug-likeness (QED) is 0.591. The molecule has 148 valence electrons. The zero-order chi connectivity index (χ0) is 20.6. The summed E-state index contributed by atoms with van der Waals surface area (Å²) >= 11 is 0. The maximum Gasteiger partial charge on any atom is 0.338 e. The van der Waals surface area contributed by atoms with E-state index in [0.29, 0.717) is 24.4 Å². The van der Waals surface area contributed by atoms with E-state index in [1.165, 1.54) is 5.56 Å². The van der Waals surface area contributed by atoms with Crippen molar-refractivity contribution in [1.29, 1.82) is 0 Å². The molecule has 6 nitrogen and oxygen atoms in total. The molecule has 0 aliphatic heterocycles. The highest BCUT2D eigenvalue weighted by Gasteiger charge is 2.09. The molecule has 1 aromatic heterocycles. The summed E-state index contributed by atoms with van der Waals surface area (Å²) in [5.41, 5.74) is 4.53. The van der Waals surface area contributed by atoms with Crippen LogP contribution in [0.25, 0.3) is 0 Å². The van der Waals surface area contributed by atoms with Crippen LogP contribution in [0.15, 0.2) is 66.9 Å². The Labute approximate surface area is 169 Å². The molecule has 3 rings (SSSR count). The van der Waals surface area contributed by atoms with E-state index >= 15 is 0 Å². The molecule has 0 bridgehead atoms. The van der Waals surface area contributed by atoms with E-state index in [9.17, 15) is 9.59 Å². The first-order valence-corrected chi connectivity index (χ1v) is 9.39. The summed E-state index contributed by atoms with van der Waals surface area (Å²) < 4.78 is 4.98. The van der Waals surface area contributed by atoms with Gasteiger partial charge in [0.05, 0.1) is 12.2 Å². The number of aromatic nitrogens is 1. The molecular formula is C23H23N3O3. The summed E-state index contributed by atoms with van der Waals surface area (Å²) in [7, 11) is 0. The number of rotatable bonds is 7. The van der Waals surface area contributed by atoms with Crippen molar-refractivity contribution in [2.24, 2.45) is 0 Å². The van der Waals surface area contributed by atoms with Gasteiger partial charge >= 0.3 is 5.97 Å². The fraction of sp³-hybridized carbons (Fsp3) is 0.174. The van der Waals surface area contributed by atoms with Gasteiger partial charge in [-0.05, 0) is 55.8 Å². The van der Waals surface area contributed by atoms with Crippen LogP contribution in [0.2, 0.25) is 0 Å². The maximum atomic E-state index is 12.4. The summed E-state index contributed by atoms with van der Waals surface area (Å²) in [5.74, 6) is -0.595. The van der Waals surface area contributed by atoms with Crippen molar-refractivity contribution >= 4 is 23.3 Å². The molecule has 0 unspecified atom stereocenters. The molecule has 29 heavy (non-hydrogen) atoms. The molecule has 0 spiro atoms. The number of pyridine rings is 1. The summed E-state index contributed by atoms with van der Waals surface area (Å²) in [6.07, 6.45) is 1.58. The molecule has 0 fully saturated rings. The molecule has 0 aliphatic carbocycles. The van der Waals surface area contributed by atoms with Crippen molar-refractivity contribution in [3.63, 3.8) is 0 Å². The summed E-state index contributed by atoms with van der Waals surface area (Å²) in [6, 6.07) is 18.4. The Balaban J connectivity index is 1.62. The number of hydrogen-bond acceptors (Lipinski definition) is 5. The fourth-order valence-corrected chi connectivity index (χ4v) is 2.68. The van der Waals surface area contributed by atoms with Gasteiger partial charge in [0.15, 0.2) is 0 Å². The number of carbonyl (C=O) groups is 2. The first kappa shape index (κ1) is 20.1. The Hall–Kier alpha value is -3.67. The summed E-state index contributed by atoms with van der Waals surface area (Å²) in [5, 5.41) is 6.08. The van der Waals surface area contributed by atoms with Crippen LogP contribution in [-0.4, -0.2) is 23.5 Å². The number of anilines is 2. The average molecular weight is 389 g/mol. The van der Waals surface area contributed by atoms with E-state index in [-0.39, 0.29) is 11.9 Å². The number of nitrogens with one attached hydrogen (secondary N) is 2. The fourth-order valence-electron chi connectivity index (χ4n) is 2.68. The van der Waals surface area contributed by atoms with Gasteiger partial charge in [-0.2, -0.15) is 0 Å². The van der Waals surface area contributed by atoms with Crippen LogP contribution in [0.4, 0.5) is 11.4 Å². The van der Waals surface area contributed by atoms with Crippen LogP contribution in [0.5, 0.6) is 0 Å². The predicted octanol–water partition coefficient (Wildman–Crippen LogP) is 4.24. The van der Waals surface area contributed by atoms with Crippen LogP contribution in [0.1, 0.15) is 38.9 Å². The number of benzene rings is 2. The monoisotopic (exact) mass is 389 g/mol. The summed E-state index contributed by atoms with van der Waals surface area (Å²) in [6.45, 7) is 4.57. The number of carbonyl (C=O) groups excluding carboxylic acids is 2. The first-order chi connectivity index (χ1) is 14.0. The number of nitrogens with zero attached hydrogens (tertiary/aromatic N) is 1. The molecular weight excluding hydrogens is 366 g/mol. The van der Waals surface area contributed by atoms with Crippen LogP contribution >= 0.6 is 0 Å². The molecule has 0 saturated carbocycles. The third-order valence-electron chi connectivity index (χ3n) is 4.25. The maximum absolute atomic E-state index is 12.4. The van der Waals surface area contributed by atoms with Gasteiger partial charge in [0.25, 0.3) is 5.91 Å². The Morgan fingerprint density at radius 2 is 1.69 bits per heavy atom. The van der Waals surface area contributed by atoms with Crippen LogP contribution < -0.4 is 10.6 Å². The molecule has 1 amide bonds. The topological polar surface area (TPSA) is 80.3 Å². The van der Waals surface area contributed by atoms with Gasteiger partial charge < -0.3 is 15.4 Å². The van der Waals surface area contributed by atoms with Crippen LogP contribution in [0, 0.1) is 6.92 Å². The standard InChI is InChI=1S/C23H23N3O3/c1-3-29-23(28)18-8-10-19(11-9-18)26-20-12-13-24-21(14-20)22(27)25-15-17-6-4-16(2)5-7-17/h4-14H,3,15H2,1-2H3,(H,24,26)(H,25,27). The average Bonchev–Trinajstić information content (AvgIpc) is 2.74. The third-order valence-corrected chi connectivity index (χ3v) is 4.25.